The number of amides is 1. The number of hydrogen-bond acceptors (Lipinski definition) is 4. The Morgan fingerprint density at radius 1 is 1.09 bits per heavy atom. The molecular weight excluding hydrogens is 447 g/mol. The summed E-state index contributed by atoms with van der Waals surface area (Å²) in [6.45, 7) is 3.54. The molecule has 2 aromatic heterocycles. The van der Waals surface area contributed by atoms with Gasteiger partial charge in [0.2, 0.25) is 0 Å². The molecule has 1 aliphatic rings. The number of nitrogens with zero attached hydrogens (tertiary/aromatic N) is 2. The van der Waals surface area contributed by atoms with E-state index in [-0.39, 0.29) is 23.6 Å². The van der Waals surface area contributed by atoms with E-state index in [0.29, 0.717) is 43.3 Å². The Kier molecular flexibility index (Phi) is 6.40. The Bertz CT molecular complexity index is 1340. The van der Waals surface area contributed by atoms with Gasteiger partial charge in [0.05, 0.1) is 18.0 Å². The van der Waals surface area contributed by atoms with Gasteiger partial charge >= 0.3 is 5.97 Å². The highest BCUT2D eigenvalue weighted by Gasteiger charge is 2.32. The molecule has 3 heterocycles. The number of piperidine rings is 1. The fourth-order valence-corrected chi connectivity index (χ4v) is 4.69. The third-order valence-corrected chi connectivity index (χ3v) is 6.45. The van der Waals surface area contributed by atoms with E-state index in [2.05, 4.69) is 0 Å². The van der Waals surface area contributed by atoms with Crippen LogP contribution in [0.1, 0.15) is 35.8 Å². The summed E-state index contributed by atoms with van der Waals surface area (Å²) in [6, 6.07) is 19.7. The predicted octanol–water partition coefficient (Wildman–Crippen LogP) is 5.50. The van der Waals surface area contributed by atoms with Crippen LogP contribution < -0.4 is 0 Å². The van der Waals surface area contributed by atoms with E-state index in [9.17, 15) is 14.0 Å². The lowest BCUT2D eigenvalue weighted by molar-refractivity contribution is -0.149. The SMILES string of the molecule is CCOC(=O)[C@H]1CCCN(C(=O)c2cc3oc(-c4ccc(F)cc4)cc3n2Cc2ccccc2)C1. The van der Waals surface area contributed by atoms with Gasteiger partial charge < -0.3 is 18.6 Å². The molecule has 35 heavy (non-hydrogen) atoms. The van der Waals surface area contributed by atoms with Gasteiger partial charge in [-0.05, 0) is 49.6 Å². The van der Waals surface area contributed by atoms with Gasteiger partial charge in [0.1, 0.15) is 17.3 Å². The lowest BCUT2D eigenvalue weighted by atomic mass is 9.98. The van der Waals surface area contributed by atoms with Gasteiger partial charge in [-0.1, -0.05) is 30.3 Å². The number of aromatic nitrogens is 1. The molecule has 6 nitrogen and oxygen atoms in total. The van der Waals surface area contributed by atoms with Gasteiger partial charge in [0.25, 0.3) is 5.91 Å². The van der Waals surface area contributed by atoms with Crippen molar-refractivity contribution in [3.05, 3.63) is 83.8 Å². The van der Waals surface area contributed by atoms with Crippen LogP contribution in [0.5, 0.6) is 0 Å². The molecule has 0 bridgehead atoms. The van der Waals surface area contributed by atoms with Crippen molar-refractivity contribution in [3.63, 3.8) is 0 Å². The Hall–Kier alpha value is -3.87. The van der Waals surface area contributed by atoms with Gasteiger partial charge in [0, 0.05) is 37.3 Å². The highest BCUT2D eigenvalue weighted by atomic mass is 19.1. The van der Waals surface area contributed by atoms with Crippen LogP contribution in [0.25, 0.3) is 22.4 Å². The molecule has 1 atom stereocenters. The number of furan rings is 1. The molecule has 2 aromatic carbocycles. The van der Waals surface area contributed by atoms with Crippen LogP contribution in [0, 0.1) is 11.7 Å². The first-order valence-corrected chi connectivity index (χ1v) is 11.9. The van der Waals surface area contributed by atoms with Crippen molar-refractivity contribution in [1.29, 1.82) is 0 Å². The number of hydrogen-bond donors (Lipinski definition) is 0. The number of likely N-dealkylation sites (tertiary alicyclic amines) is 1. The molecule has 1 aliphatic heterocycles. The summed E-state index contributed by atoms with van der Waals surface area (Å²) >= 11 is 0. The molecule has 1 amide bonds. The third-order valence-electron chi connectivity index (χ3n) is 6.45. The Morgan fingerprint density at radius 2 is 1.86 bits per heavy atom. The number of carbonyl (C=O) groups is 2. The standard InChI is InChI=1S/C28H27FN2O4/c1-2-34-28(33)21-9-6-14-30(18-21)27(32)24-16-26-23(31(24)17-19-7-4-3-5-8-19)15-25(35-26)20-10-12-22(29)13-11-20/h3-5,7-8,10-13,15-16,21H,2,6,9,14,17-18H2,1H3/t21-/m0/s1. The summed E-state index contributed by atoms with van der Waals surface area (Å²) in [7, 11) is 0. The van der Waals surface area contributed by atoms with Crippen LogP contribution in [0.4, 0.5) is 4.39 Å². The number of esters is 1. The summed E-state index contributed by atoms with van der Waals surface area (Å²) in [6.07, 6.45) is 1.47. The maximum atomic E-state index is 13.7. The molecule has 4 aromatic rings. The van der Waals surface area contributed by atoms with Gasteiger partial charge in [-0.15, -0.1) is 0 Å². The Morgan fingerprint density at radius 3 is 2.60 bits per heavy atom. The van der Waals surface area contributed by atoms with E-state index in [1.54, 1.807) is 30.0 Å². The maximum absolute atomic E-state index is 13.7. The second kappa shape index (κ2) is 9.78. The number of carbonyl (C=O) groups excluding carboxylic acids is 2. The van der Waals surface area contributed by atoms with Crippen LogP contribution in [-0.2, 0) is 16.1 Å². The highest BCUT2D eigenvalue weighted by Crippen LogP contribution is 2.32. The summed E-state index contributed by atoms with van der Waals surface area (Å²) in [4.78, 5) is 27.7. The first-order valence-electron chi connectivity index (χ1n) is 11.9. The maximum Gasteiger partial charge on any atom is 0.310 e. The predicted molar refractivity (Wildman–Crippen MR) is 130 cm³/mol. The van der Waals surface area contributed by atoms with Gasteiger partial charge in [0.15, 0.2) is 5.58 Å². The number of benzene rings is 2. The number of fused-ring (bicyclic) bond motifs is 1. The van der Waals surface area contributed by atoms with Crippen molar-refractivity contribution in [1.82, 2.24) is 9.47 Å². The van der Waals surface area contributed by atoms with Crippen LogP contribution in [0.3, 0.4) is 0 Å². The van der Waals surface area contributed by atoms with E-state index in [1.165, 1.54) is 12.1 Å². The van der Waals surface area contributed by atoms with E-state index in [4.69, 9.17) is 9.15 Å². The topological polar surface area (TPSA) is 64.7 Å². The first kappa shape index (κ1) is 22.9. The van der Waals surface area contributed by atoms with E-state index in [1.807, 2.05) is 41.0 Å². The number of rotatable bonds is 6. The average molecular weight is 475 g/mol. The number of halogens is 1. The second-order valence-corrected chi connectivity index (χ2v) is 8.81. The highest BCUT2D eigenvalue weighted by molar-refractivity contribution is 5.98. The lowest BCUT2D eigenvalue weighted by Crippen LogP contribution is -2.43. The van der Waals surface area contributed by atoms with Crippen LogP contribution in [0.15, 0.2) is 71.1 Å². The number of ether oxygens (including phenoxy) is 1. The first-order chi connectivity index (χ1) is 17.0. The van der Waals surface area contributed by atoms with Crippen molar-refractivity contribution >= 4 is 23.0 Å². The molecule has 0 unspecified atom stereocenters. The minimum absolute atomic E-state index is 0.135. The van der Waals surface area contributed by atoms with Crippen molar-refractivity contribution in [2.24, 2.45) is 5.92 Å². The van der Waals surface area contributed by atoms with Crippen LogP contribution >= 0.6 is 0 Å². The second-order valence-electron chi connectivity index (χ2n) is 8.81. The smallest absolute Gasteiger partial charge is 0.310 e. The summed E-state index contributed by atoms with van der Waals surface area (Å²) in [5.74, 6) is -0.393. The van der Waals surface area contributed by atoms with E-state index in [0.717, 1.165) is 29.5 Å². The molecule has 0 N–H and O–H groups in total. The lowest BCUT2D eigenvalue weighted by Gasteiger charge is -2.31. The molecule has 5 rings (SSSR count). The van der Waals surface area contributed by atoms with Crippen molar-refractivity contribution in [2.75, 3.05) is 19.7 Å². The normalized spacial score (nSPS) is 15.9. The Balaban J connectivity index is 1.50. The Labute approximate surface area is 202 Å². The molecule has 7 heteroatoms. The molecule has 0 spiro atoms. The quantitative estimate of drug-likeness (QED) is 0.346. The molecule has 0 aliphatic carbocycles. The van der Waals surface area contributed by atoms with Crippen LogP contribution in [-0.4, -0.2) is 41.0 Å². The van der Waals surface area contributed by atoms with Crippen molar-refractivity contribution in [2.45, 2.75) is 26.3 Å². The molecule has 1 fully saturated rings. The fraction of sp³-hybridized carbons (Fsp3) is 0.286. The molecule has 0 saturated carbocycles. The zero-order valence-electron chi connectivity index (χ0n) is 19.6. The molecule has 0 radical (unpaired) electrons. The van der Waals surface area contributed by atoms with E-state index < -0.39 is 0 Å². The zero-order chi connectivity index (χ0) is 24.4. The third kappa shape index (κ3) is 4.71. The van der Waals surface area contributed by atoms with E-state index >= 15 is 0 Å². The average Bonchev–Trinajstić information content (AvgIpc) is 3.44. The zero-order valence-corrected chi connectivity index (χ0v) is 19.6. The van der Waals surface area contributed by atoms with Gasteiger partial charge in [-0.2, -0.15) is 0 Å². The largest absolute Gasteiger partial charge is 0.466 e. The molecule has 180 valence electrons. The van der Waals surface area contributed by atoms with Crippen LogP contribution in [0.2, 0.25) is 0 Å². The summed E-state index contributed by atoms with van der Waals surface area (Å²) < 4.78 is 26.6. The minimum Gasteiger partial charge on any atom is -0.466 e. The minimum atomic E-state index is -0.311. The monoisotopic (exact) mass is 474 g/mol. The summed E-state index contributed by atoms with van der Waals surface area (Å²) in [5, 5.41) is 0. The van der Waals surface area contributed by atoms with Gasteiger partial charge in [-0.3, -0.25) is 9.59 Å². The summed E-state index contributed by atoms with van der Waals surface area (Å²) in [5.41, 5.74) is 3.69. The van der Waals surface area contributed by atoms with Gasteiger partial charge in [-0.25, -0.2) is 4.39 Å². The molecular formula is C28H27FN2O4. The van der Waals surface area contributed by atoms with Crippen molar-refractivity contribution < 1.29 is 23.1 Å². The molecule has 1 saturated heterocycles. The fourth-order valence-electron chi connectivity index (χ4n) is 4.69. The van der Waals surface area contributed by atoms with Crippen molar-refractivity contribution in [3.8, 4) is 11.3 Å².